The smallest absolute Gasteiger partial charge is 0.311 e. The maximum Gasteiger partial charge on any atom is 0.311 e. The van der Waals surface area contributed by atoms with Gasteiger partial charge in [0.05, 0.1) is 17.6 Å². The van der Waals surface area contributed by atoms with Gasteiger partial charge in [-0.1, -0.05) is 6.07 Å². The van der Waals surface area contributed by atoms with Gasteiger partial charge in [0, 0.05) is 19.0 Å². The quantitative estimate of drug-likeness (QED) is 0.629. The van der Waals surface area contributed by atoms with Gasteiger partial charge in [0.25, 0.3) is 5.89 Å². The molecule has 0 aliphatic rings. The van der Waals surface area contributed by atoms with Gasteiger partial charge in [0.1, 0.15) is 0 Å². The highest BCUT2D eigenvalue weighted by Crippen LogP contribution is 2.36. The van der Waals surface area contributed by atoms with Crippen molar-refractivity contribution < 1.29 is 14.1 Å². The molecule has 2 rings (SSSR count). The van der Waals surface area contributed by atoms with Crippen LogP contribution in [-0.4, -0.2) is 35.8 Å². The zero-order valence-corrected chi connectivity index (χ0v) is 11.1. The molecule has 106 valence electrons. The monoisotopic (exact) mass is 278 g/mol. The Morgan fingerprint density at radius 1 is 1.45 bits per heavy atom. The summed E-state index contributed by atoms with van der Waals surface area (Å²) in [5.74, 6) is 0.779. The minimum absolute atomic E-state index is 0.112. The first-order valence-electron chi connectivity index (χ1n) is 5.96. The fourth-order valence-electron chi connectivity index (χ4n) is 1.75. The summed E-state index contributed by atoms with van der Waals surface area (Å²) >= 11 is 0. The molecule has 2 aromatic rings. The van der Waals surface area contributed by atoms with Gasteiger partial charge in [0.15, 0.2) is 0 Å². The van der Waals surface area contributed by atoms with Crippen LogP contribution < -0.4 is 10.1 Å². The van der Waals surface area contributed by atoms with Crippen molar-refractivity contribution in [2.75, 3.05) is 20.7 Å². The second-order valence-electron chi connectivity index (χ2n) is 3.97. The molecule has 8 heteroatoms. The number of nitrogens with one attached hydrogen (secondary N) is 1. The lowest BCUT2D eigenvalue weighted by Crippen LogP contribution is -2.10. The van der Waals surface area contributed by atoms with E-state index in [9.17, 15) is 10.1 Å². The van der Waals surface area contributed by atoms with Crippen LogP contribution in [0.15, 0.2) is 22.6 Å². The molecule has 0 radical (unpaired) electrons. The molecule has 0 fully saturated rings. The van der Waals surface area contributed by atoms with Gasteiger partial charge in [-0.15, -0.1) is 10.2 Å². The predicted molar refractivity (Wildman–Crippen MR) is 70.6 cm³/mol. The van der Waals surface area contributed by atoms with E-state index in [-0.39, 0.29) is 17.3 Å². The topological polar surface area (TPSA) is 103 Å². The summed E-state index contributed by atoms with van der Waals surface area (Å²) in [6, 6.07) is 4.55. The van der Waals surface area contributed by atoms with Crippen molar-refractivity contribution in [3.63, 3.8) is 0 Å². The number of hydrogen-bond donors (Lipinski definition) is 1. The van der Waals surface area contributed by atoms with Gasteiger partial charge in [-0.2, -0.15) is 0 Å². The summed E-state index contributed by atoms with van der Waals surface area (Å²) in [7, 11) is 3.19. The van der Waals surface area contributed by atoms with Crippen LogP contribution in [0.1, 0.15) is 5.89 Å². The molecule has 0 saturated carbocycles. The molecular weight excluding hydrogens is 264 g/mol. The molecule has 20 heavy (non-hydrogen) atoms. The molecule has 1 aromatic heterocycles. The van der Waals surface area contributed by atoms with Gasteiger partial charge in [-0.25, -0.2) is 0 Å². The number of nitro groups is 1. The number of hydrogen-bond acceptors (Lipinski definition) is 7. The van der Waals surface area contributed by atoms with E-state index < -0.39 is 4.92 Å². The number of aromatic nitrogens is 2. The lowest BCUT2D eigenvalue weighted by Gasteiger charge is -2.05. The minimum atomic E-state index is -0.513. The SMILES string of the molecule is CNCCc1nnc(-c2cccc([N+](=O)[O-])c2OC)o1. The Morgan fingerprint density at radius 3 is 2.90 bits per heavy atom. The predicted octanol–water partition coefficient (Wildman–Crippen LogP) is 1.42. The van der Waals surface area contributed by atoms with E-state index in [2.05, 4.69) is 15.5 Å². The molecule has 0 aliphatic heterocycles. The second kappa shape index (κ2) is 6.11. The first-order valence-corrected chi connectivity index (χ1v) is 5.96. The molecule has 0 aliphatic carbocycles. The van der Waals surface area contributed by atoms with E-state index in [1.54, 1.807) is 12.1 Å². The number of likely N-dealkylation sites (N-methyl/N-ethyl adjacent to an activating group) is 1. The molecule has 1 aromatic carbocycles. The summed E-state index contributed by atoms with van der Waals surface area (Å²) < 4.78 is 10.6. The third kappa shape index (κ3) is 2.75. The molecule has 0 saturated heterocycles. The molecule has 0 bridgehead atoms. The number of benzene rings is 1. The fraction of sp³-hybridized carbons (Fsp3) is 0.333. The molecule has 1 heterocycles. The van der Waals surface area contributed by atoms with Crippen LogP contribution >= 0.6 is 0 Å². The average molecular weight is 278 g/mol. The van der Waals surface area contributed by atoms with Crippen LogP contribution in [0.4, 0.5) is 5.69 Å². The molecule has 0 amide bonds. The van der Waals surface area contributed by atoms with E-state index in [0.29, 0.717) is 24.4 Å². The maximum atomic E-state index is 11.0. The van der Waals surface area contributed by atoms with E-state index in [1.165, 1.54) is 13.2 Å². The van der Waals surface area contributed by atoms with E-state index >= 15 is 0 Å². The third-order valence-corrected chi connectivity index (χ3v) is 2.68. The Hall–Kier alpha value is -2.48. The van der Waals surface area contributed by atoms with Crippen molar-refractivity contribution in [2.24, 2.45) is 0 Å². The third-order valence-electron chi connectivity index (χ3n) is 2.68. The van der Waals surface area contributed by atoms with Gasteiger partial charge < -0.3 is 14.5 Å². The Kier molecular flexibility index (Phi) is 4.26. The number of nitro benzene ring substituents is 1. The van der Waals surface area contributed by atoms with Gasteiger partial charge in [0.2, 0.25) is 11.6 Å². The highest BCUT2D eigenvalue weighted by molar-refractivity contribution is 5.69. The first-order chi connectivity index (χ1) is 9.67. The Bertz CT molecular complexity index is 611. The van der Waals surface area contributed by atoms with Crippen molar-refractivity contribution in [1.29, 1.82) is 0 Å². The lowest BCUT2D eigenvalue weighted by atomic mass is 10.1. The van der Waals surface area contributed by atoms with Crippen LogP contribution in [0.2, 0.25) is 0 Å². The van der Waals surface area contributed by atoms with Crippen molar-refractivity contribution >= 4 is 5.69 Å². The van der Waals surface area contributed by atoms with E-state index in [4.69, 9.17) is 9.15 Å². The summed E-state index contributed by atoms with van der Waals surface area (Å²) in [6.07, 6.45) is 0.584. The van der Waals surface area contributed by atoms with E-state index in [1.807, 2.05) is 7.05 Å². The molecule has 0 atom stereocenters. The number of methoxy groups -OCH3 is 1. The molecule has 1 N–H and O–H groups in total. The number of ether oxygens (including phenoxy) is 1. The van der Waals surface area contributed by atoms with Crippen LogP contribution in [0, 0.1) is 10.1 Å². The van der Waals surface area contributed by atoms with Crippen LogP contribution in [0.5, 0.6) is 5.75 Å². The summed E-state index contributed by atoms with van der Waals surface area (Å²) in [5, 5.41) is 21.7. The highest BCUT2D eigenvalue weighted by Gasteiger charge is 2.22. The maximum absolute atomic E-state index is 11.0. The van der Waals surface area contributed by atoms with Gasteiger partial charge in [-0.05, 0) is 13.1 Å². The molecular formula is C12H14N4O4. The lowest BCUT2D eigenvalue weighted by molar-refractivity contribution is -0.385. The average Bonchev–Trinajstić information content (AvgIpc) is 2.92. The Labute approximate surface area is 114 Å². The van der Waals surface area contributed by atoms with E-state index in [0.717, 1.165) is 0 Å². The van der Waals surface area contributed by atoms with Crippen LogP contribution in [0.3, 0.4) is 0 Å². The first kappa shape index (κ1) is 13.9. The van der Waals surface area contributed by atoms with Crippen molar-refractivity contribution in [3.05, 3.63) is 34.2 Å². The van der Waals surface area contributed by atoms with Gasteiger partial charge in [-0.3, -0.25) is 10.1 Å². The minimum Gasteiger partial charge on any atom is -0.490 e. The van der Waals surface area contributed by atoms with Crippen LogP contribution in [0.25, 0.3) is 11.5 Å². The standard InChI is InChI=1S/C12H14N4O4/c1-13-7-6-10-14-15-12(20-10)8-4-3-5-9(16(17)18)11(8)19-2/h3-5,13H,6-7H2,1-2H3. The molecule has 8 nitrogen and oxygen atoms in total. The number of nitrogens with zero attached hydrogens (tertiary/aromatic N) is 3. The van der Waals surface area contributed by atoms with Crippen molar-refractivity contribution in [3.8, 4) is 17.2 Å². The fourth-order valence-corrected chi connectivity index (χ4v) is 1.75. The number of para-hydroxylation sites is 1. The van der Waals surface area contributed by atoms with Crippen molar-refractivity contribution in [1.82, 2.24) is 15.5 Å². The Balaban J connectivity index is 2.39. The van der Waals surface area contributed by atoms with Crippen LogP contribution in [-0.2, 0) is 6.42 Å². The zero-order chi connectivity index (χ0) is 14.5. The van der Waals surface area contributed by atoms with Gasteiger partial charge >= 0.3 is 5.69 Å². The summed E-state index contributed by atoms with van der Waals surface area (Å²) in [6.45, 7) is 0.702. The highest BCUT2D eigenvalue weighted by atomic mass is 16.6. The summed E-state index contributed by atoms with van der Waals surface area (Å²) in [4.78, 5) is 10.4. The largest absolute Gasteiger partial charge is 0.490 e. The zero-order valence-electron chi connectivity index (χ0n) is 11.1. The Morgan fingerprint density at radius 2 is 2.25 bits per heavy atom. The second-order valence-corrected chi connectivity index (χ2v) is 3.97. The van der Waals surface area contributed by atoms with Crippen molar-refractivity contribution in [2.45, 2.75) is 6.42 Å². The summed E-state index contributed by atoms with van der Waals surface area (Å²) in [5.41, 5.74) is 0.268. The normalized spacial score (nSPS) is 10.5. The molecule has 0 spiro atoms. The molecule has 0 unspecified atom stereocenters. The number of rotatable bonds is 6.